The number of amides is 2. The van der Waals surface area contributed by atoms with Crippen molar-refractivity contribution in [2.24, 2.45) is 0 Å². The number of carbonyl (C=O) groups excluding carboxylic acids is 2. The van der Waals surface area contributed by atoms with Crippen LogP contribution in [0.5, 0.6) is 5.75 Å². The molecule has 32 heavy (non-hydrogen) atoms. The average molecular weight is 479 g/mol. The van der Waals surface area contributed by atoms with Gasteiger partial charge in [0.15, 0.2) is 6.61 Å². The van der Waals surface area contributed by atoms with E-state index < -0.39 is 6.04 Å². The molecule has 0 spiro atoms. The molecule has 5 nitrogen and oxygen atoms in total. The second-order valence-corrected chi connectivity index (χ2v) is 9.42. The first-order valence-electron chi connectivity index (χ1n) is 10.8. The Bertz CT molecular complexity index is 904. The number of hydrogen-bond donors (Lipinski definition) is 1. The third-order valence-corrected chi connectivity index (χ3v) is 5.92. The normalized spacial score (nSPS) is 12.2. The molecule has 0 fully saturated rings. The van der Waals surface area contributed by atoms with E-state index in [9.17, 15) is 9.59 Å². The third-order valence-electron chi connectivity index (χ3n) is 5.21. The Hall–Kier alpha value is -2.24. The van der Waals surface area contributed by atoms with Crippen LogP contribution in [0.4, 0.5) is 0 Å². The summed E-state index contributed by atoms with van der Waals surface area (Å²) < 4.78 is 5.76. The van der Waals surface area contributed by atoms with Crippen molar-refractivity contribution in [2.45, 2.75) is 59.0 Å². The lowest BCUT2D eigenvalue weighted by Crippen LogP contribution is -2.50. The van der Waals surface area contributed by atoms with Gasteiger partial charge in [0.1, 0.15) is 11.8 Å². The summed E-state index contributed by atoms with van der Waals surface area (Å²) in [5.41, 5.74) is 1.80. The Morgan fingerprint density at radius 3 is 2.12 bits per heavy atom. The molecule has 1 N–H and O–H groups in total. The van der Waals surface area contributed by atoms with Crippen molar-refractivity contribution in [3.8, 4) is 5.75 Å². The lowest BCUT2D eigenvalue weighted by molar-refractivity contribution is -0.142. The van der Waals surface area contributed by atoms with Gasteiger partial charge in [-0.2, -0.15) is 0 Å². The van der Waals surface area contributed by atoms with Crippen molar-refractivity contribution in [3.05, 3.63) is 63.6 Å². The van der Waals surface area contributed by atoms with Gasteiger partial charge in [-0.3, -0.25) is 9.59 Å². The van der Waals surface area contributed by atoms with Crippen LogP contribution in [0.25, 0.3) is 0 Å². The minimum atomic E-state index is -0.665. The fraction of sp³-hybridized carbons (Fsp3) is 0.440. The second kappa shape index (κ2) is 11.6. The number of carbonyl (C=O) groups is 2. The molecule has 2 amide bonds. The molecule has 0 saturated heterocycles. The van der Waals surface area contributed by atoms with E-state index in [1.54, 1.807) is 18.2 Å². The van der Waals surface area contributed by atoms with Crippen LogP contribution in [-0.4, -0.2) is 35.9 Å². The molecule has 0 aliphatic carbocycles. The van der Waals surface area contributed by atoms with Crippen molar-refractivity contribution in [1.82, 2.24) is 10.2 Å². The Labute approximate surface area is 201 Å². The van der Waals surface area contributed by atoms with Crippen LogP contribution in [0.3, 0.4) is 0 Å². The van der Waals surface area contributed by atoms with Crippen molar-refractivity contribution in [3.63, 3.8) is 0 Å². The van der Waals surface area contributed by atoms with E-state index in [1.807, 2.05) is 38.1 Å². The molecular weight excluding hydrogens is 447 g/mol. The smallest absolute Gasteiger partial charge is 0.261 e. The van der Waals surface area contributed by atoms with Gasteiger partial charge >= 0.3 is 0 Å². The van der Waals surface area contributed by atoms with Crippen molar-refractivity contribution < 1.29 is 14.3 Å². The SMILES string of the molecule is CCNC(=O)C(CC)N(Cc1c(Cl)cccc1Cl)C(=O)COc1ccc(C(C)(C)C)cc1. The minimum Gasteiger partial charge on any atom is -0.484 e. The summed E-state index contributed by atoms with van der Waals surface area (Å²) in [6.45, 7) is 10.5. The summed E-state index contributed by atoms with van der Waals surface area (Å²) in [5, 5.41) is 3.69. The topological polar surface area (TPSA) is 58.6 Å². The molecule has 0 bridgehead atoms. The quantitative estimate of drug-likeness (QED) is 0.509. The van der Waals surface area contributed by atoms with E-state index in [4.69, 9.17) is 27.9 Å². The van der Waals surface area contributed by atoms with Gasteiger partial charge in [-0.25, -0.2) is 0 Å². The lowest BCUT2D eigenvalue weighted by atomic mass is 9.87. The Balaban J connectivity index is 2.23. The molecule has 0 saturated carbocycles. The highest BCUT2D eigenvalue weighted by molar-refractivity contribution is 6.36. The van der Waals surface area contributed by atoms with E-state index in [-0.39, 0.29) is 30.4 Å². The molecule has 1 atom stereocenters. The molecule has 2 aromatic rings. The summed E-state index contributed by atoms with van der Waals surface area (Å²) in [7, 11) is 0. The fourth-order valence-corrected chi connectivity index (χ4v) is 3.86. The Morgan fingerprint density at radius 2 is 1.62 bits per heavy atom. The Kier molecular flexibility index (Phi) is 9.41. The van der Waals surface area contributed by atoms with E-state index in [0.717, 1.165) is 0 Å². The molecule has 1 unspecified atom stereocenters. The molecule has 2 aromatic carbocycles. The van der Waals surface area contributed by atoms with Crippen LogP contribution in [0.15, 0.2) is 42.5 Å². The predicted octanol–water partition coefficient (Wildman–Crippen LogP) is 5.61. The van der Waals surface area contributed by atoms with Crippen LogP contribution in [0.2, 0.25) is 10.0 Å². The van der Waals surface area contributed by atoms with Crippen molar-refractivity contribution in [1.29, 1.82) is 0 Å². The number of rotatable bonds is 9. The van der Waals surface area contributed by atoms with Crippen molar-refractivity contribution in [2.75, 3.05) is 13.2 Å². The number of nitrogens with one attached hydrogen (secondary N) is 1. The van der Waals surface area contributed by atoms with Gasteiger partial charge in [0.05, 0.1) is 0 Å². The molecule has 174 valence electrons. The third kappa shape index (κ3) is 6.88. The monoisotopic (exact) mass is 478 g/mol. The number of ether oxygens (including phenoxy) is 1. The highest BCUT2D eigenvalue weighted by atomic mass is 35.5. The van der Waals surface area contributed by atoms with Crippen LogP contribution in [-0.2, 0) is 21.5 Å². The van der Waals surface area contributed by atoms with Gasteiger partial charge in [0.2, 0.25) is 5.91 Å². The highest BCUT2D eigenvalue weighted by Gasteiger charge is 2.29. The van der Waals surface area contributed by atoms with Crippen LogP contribution < -0.4 is 10.1 Å². The van der Waals surface area contributed by atoms with Crippen LogP contribution >= 0.6 is 23.2 Å². The summed E-state index contributed by atoms with van der Waals surface area (Å²) in [4.78, 5) is 27.4. The van der Waals surface area contributed by atoms with Gasteiger partial charge in [-0.1, -0.05) is 69.1 Å². The number of hydrogen-bond acceptors (Lipinski definition) is 3. The molecule has 2 rings (SSSR count). The Morgan fingerprint density at radius 1 is 1.03 bits per heavy atom. The van der Waals surface area contributed by atoms with Gasteiger partial charge < -0.3 is 15.0 Å². The van der Waals surface area contributed by atoms with Gasteiger partial charge in [-0.05, 0) is 48.6 Å². The summed E-state index contributed by atoms with van der Waals surface area (Å²) in [6.07, 6.45) is 0.444. The molecule has 0 aromatic heterocycles. The van der Waals surface area contributed by atoms with Gasteiger partial charge in [0, 0.05) is 28.7 Å². The zero-order chi connectivity index (χ0) is 23.9. The van der Waals surface area contributed by atoms with E-state index in [1.165, 1.54) is 10.5 Å². The average Bonchev–Trinajstić information content (AvgIpc) is 2.73. The number of likely N-dealkylation sites (N-methyl/N-ethyl adjacent to an activating group) is 1. The van der Waals surface area contributed by atoms with E-state index in [2.05, 4.69) is 26.1 Å². The standard InChI is InChI=1S/C25H32Cl2N2O3/c1-6-22(24(31)28-7-2)29(15-19-20(26)9-8-10-21(19)27)23(30)16-32-18-13-11-17(12-14-18)25(3,4)5/h8-14,22H,6-7,15-16H2,1-5H3,(H,28,31). The molecule has 0 aliphatic rings. The first-order valence-corrected chi connectivity index (χ1v) is 11.6. The first kappa shape index (κ1) is 26.0. The summed E-state index contributed by atoms with van der Waals surface area (Å²) in [5.74, 6) is 0.0492. The maximum Gasteiger partial charge on any atom is 0.261 e. The maximum absolute atomic E-state index is 13.2. The number of halogens is 2. The van der Waals surface area contributed by atoms with Crippen LogP contribution in [0, 0.1) is 0 Å². The van der Waals surface area contributed by atoms with E-state index >= 15 is 0 Å². The summed E-state index contributed by atoms with van der Waals surface area (Å²) in [6, 6.07) is 12.2. The minimum absolute atomic E-state index is 0.0281. The van der Waals surface area contributed by atoms with Crippen molar-refractivity contribution >= 4 is 35.0 Å². The predicted molar refractivity (Wildman–Crippen MR) is 130 cm³/mol. The van der Waals surface area contributed by atoms with Gasteiger partial charge in [0.25, 0.3) is 5.91 Å². The molecule has 0 radical (unpaired) electrons. The summed E-state index contributed by atoms with van der Waals surface area (Å²) >= 11 is 12.7. The largest absolute Gasteiger partial charge is 0.484 e. The van der Waals surface area contributed by atoms with Crippen LogP contribution in [0.1, 0.15) is 52.2 Å². The first-order chi connectivity index (χ1) is 15.1. The maximum atomic E-state index is 13.2. The highest BCUT2D eigenvalue weighted by Crippen LogP contribution is 2.27. The molecule has 7 heteroatoms. The lowest BCUT2D eigenvalue weighted by Gasteiger charge is -2.31. The molecule has 0 heterocycles. The fourth-order valence-electron chi connectivity index (χ4n) is 3.34. The zero-order valence-electron chi connectivity index (χ0n) is 19.4. The second-order valence-electron chi connectivity index (χ2n) is 8.60. The number of benzene rings is 2. The molecular formula is C25H32Cl2N2O3. The molecule has 0 aliphatic heterocycles. The van der Waals surface area contributed by atoms with Gasteiger partial charge in [-0.15, -0.1) is 0 Å². The number of nitrogens with zero attached hydrogens (tertiary/aromatic N) is 1. The zero-order valence-corrected chi connectivity index (χ0v) is 20.9. The van der Waals surface area contributed by atoms with E-state index in [0.29, 0.717) is 34.3 Å².